The molecule has 0 N–H and O–H groups in total. The van der Waals surface area contributed by atoms with E-state index in [-0.39, 0.29) is 5.78 Å². The Morgan fingerprint density at radius 1 is 1.30 bits per heavy atom. The molecular weight excluding hydrogens is 436 g/mol. The zero-order valence-corrected chi connectivity index (χ0v) is 13.9. The summed E-state index contributed by atoms with van der Waals surface area (Å²) in [5, 5.41) is 9.25. The second kappa shape index (κ2) is 6.46. The van der Waals surface area contributed by atoms with Gasteiger partial charge in [-0.15, -0.1) is 0 Å². The van der Waals surface area contributed by atoms with Crippen molar-refractivity contribution in [1.29, 1.82) is 5.26 Å². The Morgan fingerprint density at radius 2 is 2.05 bits per heavy atom. The molecule has 5 heteroatoms. The number of hydrogen-bond acceptors (Lipinski definition) is 2. The first-order chi connectivity index (χ1) is 9.52. The Hall–Kier alpha value is -1.26. The summed E-state index contributed by atoms with van der Waals surface area (Å²) in [6.07, 6.45) is 0. The van der Waals surface area contributed by atoms with Gasteiger partial charge in [0.1, 0.15) is 11.7 Å². The molecule has 0 radical (unpaired) electrons. The van der Waals surface area contributed by atoms with Crippen LogP contribution < -0.4 is 0 Å². The lowest BCUT2D eigenvalue weighted by molar-refractivity contribution is 0.0978. The van der Waals surface area contributed by atoms with Crippen molar-refractivity contribution >= 4 is 44.3 Å². The molecule has 0 aromatic heterocycles. The molecule has 0 amide bonds. The van der Waals surface area contributed by atoms with Crippen molar-refractivity contribution in [3.8, 4) is 6.07 Å². The molecule has 0 aliphatic rings. The summed E-state index contributed by atoms with van der Waals surface area (Å²) >= 11 is 5.40. The normalized spacial score (nSPS) is 11.7. The van der Waals surface area contributed by atoms with Crippen molar-refractivity contribution in [2.45, 2.75) is 5.92 Å². The van der Waals surface area contributed by atoms with Gasteiger partial charge in [0, 0.05) is 13.6 Å². The Kier molecular flexibility index (Phi) is 4.89. The summed E-state index contributed by atoms with van der Waals surface area (Å²) in [6, 6.07) is 12.8. The molecule has 0 bridgehead atoms. The second-order valence-corrected chi connectivity index (χ2v) is 6.21. The maximum Gasteiger partial charge on any atom is 0.185 e. The number of halogens is 3. The number of nitriles is 1. The largest absolute Gasteiger partial charge is 0.292 e. The van der Waals surface area contributed by atoms with Gasteiger partial charge < -0.3 is 0 Å². The van der Waals surface area contributed by atoms with Crippen molar-refractivity contribution < 1.29 is 9.18 Å². The van der Waals surface area contributed by atoms with Gasteiger partial charge in [0.15, 0.2) is 5.78 Å². The number of benzene rings is 2. The van der Waals surface area contributed by atoms with Crippen molar-refractivity contribution in [1.82, 2.24) is 0 Å². The maximum absolute atomic E-state index is 13.2. The quantitative estimate of drug-likeness (QED) is 0.510. The third kappa shape index (κ3) is 3.25. The standard InChI is InChI=1S/C15H8BrFINO/c16-14-5-4-11(18)7-12(14)15(20)13(8-19)9-2-1-3-10(17)6-9/h1-7,13H. The lowest BCUT2D eigenvalue weighted by Gasteiger charge is -2.10. The average molecular weight is 444 g/mol. The molecule has 1 unspecified atom stereocenters. The summed E-state index contributed by atoms with van der Waals surface area (Å²) in [6.45, 7) is 0. The smallest absolute Gasteiger partial charge is 0.185 e. The van der Waals surface area contributed by atoms with Gasteiger partial charge in [-0.1, -0.05) is 28.1 Å². The summed E-state index contributed by atoms with van der Waals surface area (Å²) in [7, 11) is 0. The molecule has 0 heterocycles. The Morgan fingerprint density at radius 3 is 2.70 bits per heavy atom. The van der Waals surface area contributed by atoms with E-state index in [0.717, 1.165) is 3.57 Å². The van der Waals surface area contributed by atoms with E-state index in [0.29, 0.717) is 15.6 Å². The van der Waals surface area contributed by atoms with Crippen LogP contribution in [0.3, 0.4) is 0 Å². The zero-order chi connectivity index (χ0) is 14.7. The van der Waals surface area contributed by atoms with E-state index in [9.17, 15) is 14.4 Å². The number of carbonyl (C=O) groups is 1. The second-order valence-electron chi connectivity index (χ2n) is 4.11. The molecule has 100 valence electrons. The monoisotopic (exact) mass is 443 g/mol. The molecule has 2 nitrogen and oxygen atoms in total. The van der Waals surface area contributed by atoms with Gasteiger partial charge in [0.2, 0.25) is 0 Å². The van der Waals surface area contributed by atoms with Crippen LogP contribution in [-0.2, 0) is 0 Å². The summed E-state index contributed by atoms with van der Waals surface area (Å²) in [4.78, 5) is 12.5. The number of nitrogens with zero attached hydrogens (tertiary/aromatic N) is 1. The van der Waals surface area contributed by atoms with Crippen LogP contribution in [0, 0.1) is 20.7 Å². The fourth-order valence-electron chi connectivity index (χ4n) is 1.81. The number of rotatable bonds is 3. The van der Waals surface area contributed by atoms with Crippen LogP contribution in [0.4, 0.5) is 4.39 Å². The maximum atomic E-state index is 13.2. The minimum Gasteiger partial charge on any atom is -0.292 e. The van der Waals surface area contributed by atoms with Gasteiger partial charge in [-0.05, 0) is 58.5 Å². The fraction of sp³-hybridized carbons (Fsp3) is 0.0667. The molecule has 1 atom stereocenters. The van der Waals surface area contributed by atoms with Gasteiger partial charge in [-0.3, -0.25) is 4.79 Å². The molecule has 0 aliphatic heterocycles. The Bertz CT molecular complexity index is 711. The highest BCUT2D eigenvalue weighted by Crippen LogP contribution is 2.27. The molecule has 2 rings (SSSR count). The van der Waals surface area contributed by atoms with Gasteiger partial charge in [-0.2, -0.15) is 5.26 Å². The van der Waals surface area contributed by atoms with Crippen molar-refractivity contribution in [3.05, 3.63) is 67.5 Å². The molecule has 0 spiro atoms. The van der Waals surface area contributed by atoms with E-state index >= 15 is 0 Å². The molecule has 0 aliphatic carbocycles. The summed E-state index contributed by atoms with van der Waals surface area (Å²) in [5.74, 6) is -1.82. The summed E-state index contributed by atoms with van der Waals surface area (Å²) < 4.78 is 14.8. The third-order valence-electron chi connectivity index (χ3n) is 2.77. The first-order valence-electron chi connectivity index (χ1n) is 5.67. The number of hydrogen-bond donors (Lipinski definition) is 0. The van der Waals surface area contributed by atoms with E-state index in [2.05, 4.69) is 38.5 Å². The molecule has 0 fully saturated rings. The minimum atomic E-state index is -1.01. The van der Waals surface area contributed by atoms with Gasteiger partial charge in [0.25, 0.3) is 0 Å². The average Bonchev–Trinajstić information content (AvgIpc) is 2.42. The van der Waals surface area contributed by atoms with Crippen LogP contribution >= 0.6 is 38.5 Å². The number of Topliss-reactive ketones (excluding diaryl/α,β-unsaturated/α-hetero) is 1. The number of carbonyl (C=O) groups excluding carboxylic acids is 1. The van der Waals surface area contributed by atoms with Crippen LogP contribution in [0.15, 0.2) is 46.9 Å². The van der Waals surface area contributed by atoms with Crippen molar-refractivity contribution in [3.63, 3.8) is 0 Å². The highest BCUT2D eigenvalue weighted by atomic mass is 127. The summed E-state index contributed by atoms with van der Waals surface area (Å²) in [5.41, 5.74) is 0.788. The SMILES string of the molecule is N#CC(C(=O)c1cc(I)ccc1Br)c1cccc(F)c1. The molecule has 2 aromatic carbocycles. The van der Waals surface area contributed by atoms with Crippen LogP contribution in [0.5, 0.6) is 0 Å². The molecule has 0 saturated heterocycles. The molecular formula is C15H8BrFINO. The predicted molar refractivity (Wildman–Crippen MR) is 85.9 cm³/mol. The third-order valence-corrected chi connectivity index (χ3v) is 4.13. The molecule has 0 saturated carbocycles. The predicted octanol–water partition coefficient (Wildman–Crippen LogP) is 4.68. The Labute approximate surface area is 137 Å². The highest BCUT2D eigenvalue weighted by Gasteiger charge is 2.24. The molecule has 20 heavy (non-hydrogen) atoms. The number of ketones is 1. The van der Waals surface area contributed by atoms with E-state index in [1.54, 1.807) is 18.2 Å². The van der Waals surface area contributed by atoms with Crippen LogP contribution in [-0.4, -0.2) is 5.78 Å². The minimum absolute atomic E-state index is 0.344. The van der Waals surface area contributed by atoms with Crippen molar-refractivity contribution in [2.75, 3.05) is 0 Å². The fourth-order valence-corrected chi connectivity index (χ4v) is 2.75. The molecule has 2 aromatic rings. The van der Waals surface area contributed by atoms with Gasteiger partial charge in [-0.25, -0.2) is 4.39 Å². The lowest BCUT2D eigenvalue weighted by Crippen LogP contribution is -2.12. The first-order valence-corrected chi connectivity index (χ1v) is 7.54. The lowest BCUT2D eigenvalue weighted by atomic mass is 9.92. The zero-order valence-electron chi connectivity index (χ0n) is 10.1. The van der Waals surface area contributed by atoms with Gasteiger partial charge in [0.05, 0.1) is 6.07 Å². The first kappa shape index (κ1) is 15.1. The van der Waals surface area contributed by atoms with Gasteiger partial charge >= 0.3 is 0 Å². The highest BCUT2D eigenvalue weighted by molar-refractivity contribution is 14.1. The van der Waals surface area contributed by atoms with Crippen molar-refractivity contribution in [2.24, 2.45) is 0 Å². The van der Waals surface area contributed by atoms with Crippen LogP contribution in [0.2, 0.25) is 0 Å². The Balaban J connectivity index is 2.45. The topological polar surface area (TPSA) is 40.9 Å². The van der Waals surface area contributed by atoms with E-state index in [1.165, 1.54) is 18.2 Å². The van der Waals surface area contributed by atoms with E-state index in [1.807, 2.05) is 12.1 Å². The van der Waals surface area contributed by atoms with E-state index in [4.69, 9.17) is 0 Å². The van der Waals surface area contributed by atoms with Crippen LogP contribution in [0.1, 0.15) is 21.8 Å². The van der Waals surface area contributed by atoms with E-state index < -0.39 is 11.7 Å². The van der Waals surface area contributed by atoms with Crippen LogP contribution in [0.25, 0.3) is 0 Å².